The smallest absolute Gasteiger partial charge is 0.233 e. The number of hydrogen-bond donors (Lipinski definition) is 2. The molecule has 0 saturated heterocycles. The summed E-state index contributed by atoms with van der Waals surface area (Å²) in [5.41, 5.74) is 1.35. The van der Waals surface area contributed by atoms with Gasteiger partial charge in [-0.05, 0) is 61.4 Å². The predicted octanol–water partition coefficient (Wildman–Crippen LogP) is 7.60. The molecule has 3 rings (SSSR count). The molecule has 0 aliphatic carbocycles. The lowest BCUT2D eigenvalue weighted by molar-refractivity contribution is 0.601. The predicted molar refractivity (Wildman–Crippen MR) is 140 cm³/mol. The summed E-state index contributed by atoms with van der Waals surface area (Å²) < 4.78 is 26.7. The van der Waals surface area contributed by atoms with Crippen molar-refractivity contribution in [2.45, 2.75) is 65.2 Å². The van der Waals surface area contributed by atoms with Gasteiger partial charge in [-0.15, -0.1) is 0 Å². The van der Waals surface area contributed by atoms with Crippen molar-refractivity contribution in [3.8, 4) is 0 Å². The number of nitrogens with zero attached hydrogens (tertiary/aromatic N) is 4. The summed E-state index contributed by atoms with van der Waals surface area (Å²) in [6.45, 7) is 6.13. The molecule has 0 aliphatic heterocycles. The topological polar surface area (TPSA) is 66.0 Å². The summed E-state index contributed by atoms with van der Waals surface area (Å²) in [4.78, 5) is 16.1. The van der Waals surface area contributed by atoms with Crippen molar-refractivity contribution in [3.05, 3.63) is 60.2 Å². The van der Waals surface area contributed by atoms with Crippen LogP contribution in [0.15, 0.2) is 48.5 Å². The molecule has 0 amide bonds. The highest BCUT2D eigenvalue weighted by Gasteiger charge is 2.14. The van der Waals surface area contributed by atoms with E-state index < -0.39 is 0 Å². The average Bonchev–Trinajstić information content (AvgIpc) is 2.86. The van der Waals surface area contributed by atoms with Gasteiger partial charge in [-0.2, -0.15) is 15.0 Å². The zero-order valence-electron chi connectivity index (χ0n) is 20.7. The van der Waals surface area contributed by atoms with Gasteiger partial charge in [-0.25, -0.2) is 8.78 Å². The molecule has 0 spiro atoms. The fraction of sp³-hybridized carbons (Fsp3) is 0.444. The summed E-state index contributed by atoms with van der Waals surface area (Å²) in [5.74, 6) is 0.686. The van der Waals surface area contributed by atoms with Gasteiger partial charge in [0.2, 0.25) is 17.8 Å². The van der Waals surface area contributed by atoms with E-state index in [1.807, 2.05) is 0 Å². The number of nitrogens with one attached hydrogen (secondary N) is 2. The highest BCUT2D eigenvalue weighted by Crippen LogP contribution is 2.22. The zero-order chi connectivity index (χ0) is 24.9. The van der Waals surface area contributed by atoms with Crippen LogP contribution in [0.1, 0.15) is 65.2 Å². The molecule has 2 aromatic carbocycles. The van der Waals surface area contributed by atoms with Gasteiger partial charge in [-0.1, -0.05) is 52.4 Å². The molecule has 0 radical (unpaired) electrons. The van der Waals surface area contributed by atoms with Crippen molar-refractivity contribution in [1.82, 2.24) is 15.0 Å². The molecule has 35 heavy (non-hydrogen) atoms. The van der Waals surface area contributed by atoms with E-state index in [1.54, 1.807) is 24.3 Å². The first-order chi connectivity index (χ1) is 17.1. The van der Waals surface area contributed by atoms with Crippen LogP contribution in [0.4, 0.5) is 38.0 Å². The Hall–Kier alpha value is -3.29. The Morgan fingerprint density at radius 3 is 1.43 bits per heavy atom. The van der Waals surface area contributed by atoms with Gasteiger partial charge >= 0.3 is 0 Å². The van der Waals surface area contributed by atoms with E-state index in [-0.39, 0.29) is 11.6 Å². The maximum Gasteiger partial charge on any atom is 0.233 e. The minimum atomic E-state index is -0.309. The van der Waals surface area contributed by atoms with Crippen LogP contribution in [-0.4, -0.2) is 28.0 Å². The Bertz CT molecular complexity index is 933. The quantitative estimate of drug-likeness (QED) is 0.217. The van der Waals surface area contributed by atoms with E-state index in [0.717, 1.165) is 38.8 Å². The van der Waals surface area contributed by atoms with Gasteiger partial charge in [0.15, 0.2) is 0 Å². The molecule has 3 aromatic rings. The minimum Gasteiger partial charge on any atom is -0.341 e. The van der Waals surface area contributed by atoms with Crippen LogP contribution < -0.4 is 15.5 Å². The van der Waals surface area contributed by atoms with Crippen molar-refractivity contribution < 1.29 is 8.78 Å². The fourth-order valence-corrected chi connectivity index (χ4v) is 3.71. The van der Waals surface area contributed by atoms with Gasteiger partial charge in [0.05, 0.1) is 0 Å². The first-order valence-corrected chi connectivity index (χ1v) is 12.6. The van der Waals surface area contributed by atoms with E-state index >= 15 is 0 Å². The first-order valence-electron chi connectivity index (χ1n) is 12.6. The van der Waals surface area contributed by atoms with E-state index in [1.165, 1.54) is 49.9 Å². The molecule has 0 unspecified atom stereocenters. The summed E-state index contributed by atoms with van der Waals surface area (Å²) in [7, 11) is 0. The zero-order valence-corrected chi connectivity index (χ0v) is 20.7. The SMILES string of the molecule is CCCCCCN(CCCCCC)c1nc(Nc2ccc(F)cc2)nc(Nc2ccc(F)cc2)n1. The van der Waals surface area contributed by atoms with Crippen LogP contribution in [0.25, 0.3) is 0 Å². The number of aromatic nitrogens is 3. The van der Waals surface area contributed by atoms with E-state index in [4.69, 9.17) is 9.97 Å². The van der Waals surface area contributed by atoms with Crippen LogP contribution >= 0.6 is 0 Å². The molecule has 0 saturated carbocycles. The molecule has 188 valence electrons. The van der Waals surface area contributed by atoms with Crippen molar-refractivity contribution in [1.29, 1.82) is 0 Å². The van der Waals surface area contributed by atoms with Crippen molar-refractivity contribution in [2.24, 2.45) is 0 Å². The monoisotopic (exact) mass is 482 g/mol. The normalized spacial score (nSPS) is 10.9. The third-order valence-corrected chi connectivity index (χ3v) is 5.67. The number of benzene rings is 2. The molecular weight excluding hydrogens is 446 g/mol. The molecule has 0 fully saturated rings. The second-order valence-electron chi connectivity index (χ2n) is 8.65. The summed E-state index contributed by atoms with van der Waals surface area (Å²) in [5, 5.41) is 6.32. The molecule has 0 aliphatic rings. The second kappa shape index (κ2) is 14.2. The third kappa shape index (κ3) is 9.11. The van der Waals surface area contributed by atoms with Crippen molar-refractivity contribution in [2.75, 3.05) is 28.6 Å². The first kappa shape index (κ1) is 26.3. The standard InChI is InChI=1S/C27H36F2N6/c1-3-5-7-9-19-35(20-10-8-6-4-2)27-33-25(30-23-15-11-21(28)12-16-23)32-26(34-27)31-24-17-13-22(29)14-18-24/h11-18H,3-10,19-20H2,1-2H3,(H2,30,31,32,33,34). The highest BCUT2D eigenvalue weighted by atomic mass is 19.1. The van der Waals surface area contributed by atoms with Crippen molar-refractivity contribution in [3.63, 3.8) is 0 Å². The second-order valence-corrected chi connectivity index (χ2v) is 8.65. The number of hydrogen-bond acceptors (Lipinski definition) is 6. The molecule has 0 bridgehead atoms. The molecule has 8 heteroatoms. The van der Waals surface area contributed by atoms with Gasteiger partial charge in [0.25, 0.3) is 0 Å². The number of unbranched alkanes of at least 4 members (excludes halogenated alkanes) is 6. The maximum absolute atomic E-state index is 13.4. The van der Waals surface area contributed by atoms with Gasteiger partial charge < -0.3 is 15.5 Å². The molecule has 1 heterocycles. The van der Waals surface area contributed by atoms with Crippen LogP contribution in [0.2, 0.25) is 0 Å². The number of rotatable bonds is 15. The Balaban J connectivity index is 1.87. The third-order valence-electron chi connectivity index (χ3n) is 5.67. The average molecular weight is 483 g/mol. The minimum absolute atomic E-state index is 0.309. The lowest BCUT2D eigenvalue weighted by Crippen LogP contribution is -2.28. The molecule has 6 nitrogen and oxygen atoms in total. The Morgan fingerprint density at radius 1 is 0.600 bits per heavy atom. The lowest BCUT2D eigenvalue weighted by Gasteiger charge is -2.23. The van der Waals surface area contributed by atoms with Crippen LogP contribution in [0.3, 0.4) is 0 Å². The summed E-state index contributed by atoms with van der Waals surface area (Å²) >= 11 is 0. The summed E-state index contributed by atoms with van der Waals surface area (Å²) in [6.07, 6.45) is 9.22. The van der Waals surface area contributed by atoms with E-state index in [2.05, 4.69) is 34.4 Å². The Kier molecular flexibility index (Phi) is 10.7. The maximum atomic E-state index is 13.4. The summed E-state index contributed by atoms with van der Waals surface area (Å²) in [6, 6.07) is 12.1. The molecule has 1 aromatic heterocycles. The highest BCUT2D eigenvalue weighted by molar-refractivity contribution is 5.59. The number of anilines is 5. The molecule has 2 N–H and O–H groups in total. The largest absolute Gasteiger partial charge is 0.341 e. The lowest BCUT2D eigenvalue weighted by atomic mass is 10.2. The molecular formula is C27H36F2N6. The van der Waals surface area contributed by atoms with Crippen LogP contribution in [0, 0.1) is 11.6 Å². The Labute approximate surface area is 207 Å². The number of halogens is 2. The van der Waals surface area contributed by atoms with E-state index in [9.17, 15) is 8.78 Å². The Morgan fingerprint density at radius 2 is 1.03 bits per heavy atom. The van der Waals surface area contributed by atoms with E-state index in [0.29, 0.717) is 29.2 Å². The fourth-order valence-electron chi connectivity index (χ4n) is 3.71. The van der Waals surface area contributed by atoms with Crippen LogP contribution in [-0.2, 0) is 0 Å². The van der Waals surface area contributed by atoms with Gasteiger partial charge in [0, 0.05) is 24.5 Å². The van der Waals surface area contributed by atoms with Gasteiger partial charge in [0.1, 0.15) is 11.6 Å². The molecule has 0 atom stereocenters. The van der Waals surface area contributed by atoms with Gasteiger partial charge in [-0.3, -0.25) is 0 Å². The van der Waals surface area contributed by atoms with Crippen LogP contribution in [0.5, 0.6) is 0 Å². The van der Waals surface area contributed by atoms with Crippen molar-refractivity contribution >= 4 is 29.2 Å².